The molecular weight excluding hydrogens is 644 g/mol. The molecule has 8 atom stereocenters. The Hall–Kier alpha value is -4.33. The van der Waals surface area contributed by atoms with Crippen molar-refractivity contribution >= 4 is 18.0 Å². The normalized spacial score (nSPS) is 25.6. The third-order valence-electron chi connectivity index (χ3n) is 8.90. The van der Waals surface area contributed by atoms with Crippen molar-refractivity contribution in [3.05, 3.63) is 95.6 Å². The third kappa shape index (κ3) is 7.85. The number of aliphatic hydroxyl groups is 1. The third-order valence-corrected chi connectivity index (χ3v) is 8.90. The molecule has 0 saturated carbocycles. The topological polar surface area (TPSA) is 151 Å². The number of fused-ring (bicyclic) bond motifs is 4. The number of esters is 1. The van der Waals surface area contributed by atoms with Crippen LogP contribution in [0, 0.1) is 0 Å². The van der Waals surface area contributed by atoms with Crippen molar-refractivity contribution in [1.82, 2.24) is 10.6 Å². The van der Waals surface area contributed by atoms with Crippen LogP contribution in [0.25, 0.3) is 11.1 Å². The van der Waals surface area contributed by atoms with Gasteiger partial charge in [0.1, 0.15) is 36.6 Å². The highest BCUT2D eigenvalue weighted by atomic mass is 16.7. The lowest BCUT2D eigenvalue weighted by Gasteiger charge is -2.48. The average Bonchev–Trinajstić information content (AvgIpc) is 3.40. The summed E-state index contributed by atoms with van der Waals surface area (Å²) < 4.78 is 35.8. The quantitative estimate of drug-likeness (QED) is 0.277. The number of hydrogen-bond acceptors (Lipinski definition) is 10. The molecule has 2 heterocycles. The average molecular weight is 689 g/mol. The highest BCUT2D eigenvalue weighted by molar-refractivity contribution is 5.83. The van der Waals surface area contributed by atoms with Gasteiger partial charge in [-0.2, -0.15) is 0 Å². The van der Waals surface area contributed by atoms with E-state index in [1.165, 1.54) is 6.92 Å². The first-order valence-corrected chi connectivity index (χ1v) is 16.8. The Morgan fingerprint density at radius 3 is 2.16 bits per heavy atom. The van der Waals surface area contributed by atoms with Gasteiger partial charge >= 0.3 is 12.1 Å². The summed E-state index contributed by atoms with van der Waals surface area (Å²) in [6.07, 6.45) is -6.80. The maximum absolute atomic E-state index is 13.5. The van der Waals surface area contributed by atoms with Crippen molar-refractivity contribution in [3.8, 4) is 11.1 Å². The Balaban J connectivity index is 1.16. The van der Waals surface area contributed by atoms with E-state index in [-0.39, 0.29) is 19.1 Å². The van der Waals surface area contributed by atoms with E-state index >= 15 is 0 Å². The van der Waals surface area contributed by atoms with Gasteiger partial charge in [0.05, 0.1) is 12.7 Å². The van der Waals surface area contributed by atoms with Crippen LogP contribution in [0.3, 0.4) is 0 Å². The van der Waals surface area contributed by atoms with E-state index in [9.17, 15) is 19.5 Å². The van der Waals surface area contributed by atoms with Gasteiger partial charge in [-0.25, -0.2) is 9.59 Å². The molecule has 0 bridgehead atoms. The summed E-state index contributed by atoms with van der Waals surface area (Å²) in [6, 6.07) is 22.8. The lowest BCUT2D eigenvalue weighted by molar-refractivity contribution is -0.348. The van der Waals surface area contributed by atoms with Gasteiger partial charge in [-0.3, -0.25) is 4.79 Å². The van der Waals surface area contributed by atoms with Crippen molar-refractivity contribution in [2.24, 2.45) is 0 Å². The van der Waals surface area contributed by atoms with E-state index in [0.29, 0.717) is 0 Å². The molecule has 3 N–H and O–H groups in total. The number of carbonyl (C=O) groups excluding carboxylic acids is 3. The standard InChI is InChI=1S/C38H44N2O10/c1-21(47-36-31(39-22(2)41)32(42)33-29(48-36)20-45-35(49-33)23-13-7-6-8-14-23)30(34(43)50-38(3,4)5)40-37(44)46-19-28-26-17-11-9-15-24(26)25-16-10-12-18-27(25)28/h6-18,21,28-33,35-36,42H,19-20H2,1-5H3,(H,39,41)(H,40,44)/t21-,29+,30-,31+,32+,33-,35-,36-/m0/s1. The number of ether oxygens (including phenoxy) is 6. The Morgan fingerprint density at radius 2 is 1.54 bits per heavy atom. The first-order valence-electron chi connectivity index (χ1n) is 16.8. The number of hydrogen-bond donors (Lipinski definition) is 3. The van der Waals surface area contributed by atoms with Crippen molar-refractivity contribution in [2.75, 3.05) is 13.2 Å². The predicted molar refractivity (Wildman–Crippen MR) is 181 cm³/mol. The number of rotatable bonds is 9. The van der Waals surface area contributed by atoms with Crippen molar-refractivity contribution in [2.45, 2.75) is 95.2 Å². The molecule has 2 aliphatic heterocycles. The van der Waals surface area contributed by atoms with E-state index < -0.39 is 72.7 Å². The monoisotopic (exact) mass is 688 g/mol. The SMILES string of the molecule is CC(=O)N[C@H]1[C@@H](O[C@@H](C)[C@H](NC(=O)OCC2c3ccccc3-c3ccccc32)C(=O)OC(C)(C)C)O[C@@H]2CO[C@H](c3ccccc3)O[C@@H]2[C@@H]1O. The van der Waals surface area contributed by atoms with Gasteiger partial charge in [-0.15, -0.1) is 0 Å². The minimum absolute atomic E-state index is 0.0334. The number of amides is 2. The molecule has 0 spiro atoms. The Labute approximate surface area is 291 Å². The zero-order valence-electron chi connectivity index (χ0n) is 28.7. The van der Waals surface area contributed by atoms with Gasteiger partial charge in [-0.05, 0) is 49.9 Å². The molecule has 0 radical (unpaired) electrons. The lowest BCUT2D eigenvalue weighted by Crippen LogP contribution is -2.67. The number of nitrogens with one attached hydrogen (secondary N) is 2. The maximum atomic E-state index is 13.5. The van der Waals surface area contributed by atoms with Crippen molar-refractivity contribution in [3.63, 3.8) is 0 Å². The number of benzene rings is 3. The number of alkyl carbamates (subject to hydrolysis) is 1. The van der Waals surface area contributed by atoms with Gasteiger partial charge in [0, 0.05) is 18.4 Å². The van der Waals surface area contributed by atoms with Crippen LogP contribution in [-0.4, -0.2) is 84.7 Å². The fraction of sp³-hybridized carbons (Fsp3) is 0.447. The highest BCUT2D eigenvalue weighted by Gasteiger charge is 2.51. The summed E-state index contributed by atoms with van der Waals surface area (Å²) >= 11 is 0. The molecule has 266 valence electrons. The van der Waals surface area contributed by atoms with Crippen LogP contribution < -0.4 is 10.6 Å². The zero-order valence-corrected chi connectivity index (χ0v) is 28.7. The second-order valence-corrected chi connectivity index (χ2v) is 13.8. The Kier molecular flexibility index (Phi) is 10.6. The molecule has 3 aromatic rings. The van der Waals surface area contributed by atoms with E-state index in [4.69, 9.17) is 28.4 Å². The second kappa shape index (κ2) is 14.9. The molecule has 2 fully saturated rings. The summed E-state index contributed by atoms with van der Waals surface area (Å²) in [7, 11) is 0. The van der Waals surface area contributed by atoms with Crippen LogP contribution >= 0.6 is 0 Å². The second-order valence-electron chi connectivity index (χ2n) is 13.8. The van der Waals surface area contributed by atoms with E-state index in [2.05, 4.69) is 10.6 Å². The molecule has 12 nitrogen and oxygen atoms in total. The van der Waals surface area contributed by atoms with Gasteiger partial charge in [0.2, 0.25) is 5.91 Å². The highest BCUT2D eigenvalue weighted by Crippen LogP contribution is 2.44. The van der Waals surface area contributed by atoms with Crippen molar-refractivity contribution in [1.29, 1.82) is 0 Å². The molecule has 50 heavy (non-hydrogen) atoms. The largest absolute Gasteiger partial charge is 0.458 e. The van der Waals surface area contributed by atoms with Crippen LogP contribution in [0.5, 0.6) is 0 Å². The number of aliphatic hydroxyl groups excluding tert-OH is 1. The van der Waals surface area contributed by atoms with Crippen LogP contribution in [0.2, 0.25) is 0 Å². The van der Waals surface area contributed by atoms with Crippen LogP contribution in [0.4, 0.5) is 4.79 Å². The molecule has 6 rings (SSSR count). The summed E-state index contributed by atoms with van der Waals surface area (Å²) in [5.41, 5.74) is 4.14. The first kappa shape index (κ1) is 35.5. The van der Waals surface area contributed by atoms with E-state index in [0.717, 1.165) is 27.8 Å². The smallest absolute Gasteiger partial charge is 0.407 e. The zero-order chi connectivity index (χ0) is 35.6. The van der Waals surface area contributed by atoms with E-state index in [1.807, 2.05) is 78.9 Å². The maximum Gasteiger partial charge on any atom is 0.407 e. The number of carbonyl (C=O) groups is 3. The minimum Gasteiger partial charge on any atom is -0.458 e. The fourth-order valence-electron chi connectivity index (χ4n) is 6.67. The molecule has 2 amide bonds. The molecule has 3 aromatic carbocycles. The van der Waals surface area contributed by atoms with E-state index in [1.54, 1.807) is 27.7 Å². The molecule has 0 unspecified atom stereocenters. The molecule has 2 saturated heterocycles. The Morgan fingerprint density at radius 1 is 0.920 bits per heavy atom. The van der Waals surface area contributed by atoms with Gasteiger partial charge in [0.25, 0.3) is 0 Å². The summed E-state index contributed by atoms with van der Waals surface area (Å²) in [4.78, 5) is 39.1. The molecule has 12 heteroatoms. The van der Waals surface area contributed by atoms with Crippen molar-refractivity contribution < 1.29 is 47.9 Å². The first-order chi connectivity index (χ1) is 23.9. The molecule has 0 aromatic heterocycles. The Bertz CT molecular complexity index is 1630. The molecule has 1 aliphatic carbocycles. The van der Waals surface area contributed by atoms with Crippen LogP contribution in [0.15, 0.2) is 78.9 Å². The van der Waals surface area contributed by atoms with Gasteiger partial charge < -0.3 is 44.2 Å². The molecule has 3 aliphatic rings. The summed E-state index contributed by atoms with van der Waals surface area (Å²) in [5.74, 6) is -1.39. The minimum atomic E-state index is -1.34. The summed E-state index contributed by atoms with van der Waals surface area (Å²) in [6.45, 7) is 8.09. The summed E-state index contributed by atoms with van der Waals surface area (Å²) in [5, 5.41) is 16.8. The lowest BCUT2D eigenvalue weighted by atomic mass is 9.95. The van der Waals surface area contributed by atoms with Crippen LogP contribution in [-0.2, 0) is 38.0 Å². The van der Waals surface area contributed by atoms with Gasteiger partial charge in [0.15, 0.2) is 18.6 Å². The van der Waals surface area contributed by atoms with Gasteiger partial charge in [-0.1, -0.05) is 78.9 Å². The van der Waals surface area contributed by atoms with Crippen LogP contribution in [0.1, 0.15) is 63.5 Å². The molecular formula is C38H44N2O10. The fourth-order valence-corrected chi connectivity index (χ4v) is 6.67. The predicted octanol–water partition coefficient (Wildman–Crippen LogP) is 4.35.